The molecular formula is C52H44ClFO13. The van der Waals surface area contributed by atoms with Crippen LogP contribution < -0.4 is 9.47 Å². The van der Waals surface area contributed by atoms with E-state index in [9.17, 15) is 24.0 Å². The third-order valence-corrected chi connectivity index (χ3v) is 10.9. The molecule has 0 bridgehead atoms. The summed E-state index contributed by atoms with van der Waals surface area (Å²) in [5.74, 6) is -4.70. The summed E-state index contributed by atoms with van der Waals surface area (Å²) in [4.78, 5) is 68.0. The van der Waals surface area contributed by atoms with E-state index in [-0.39, 0.29) is 57.4 Å². The molecule has 1 fully saturated rings. The smallest absolute Gasteiger partial charge is 0.338 e. The lowest BCUT2D eigenvalue weighted by Crippen LogP contribution is -2.65. The van der Waals surface area contributed by atoms with Crippen molar-refractivity contribution < 1.29 is 66.3 Å². The molecule has 1 saturated heterocycles. The van der Waals surface area contributed by atoms with E-state index in [4.69, 9.17) is 49.5 Å². The van der Waals surface area contributed by atoms with Crippen molar-refractivity contribution in [3.05, 3.63) is 201 Å². The van der Waals surface area contributed by atoms with Crippen LogP contribution in [0.1, 0.15) is 72.0 Å². The number of carbonyl (C=O) groups excluding carboxylic acids is 5. The zero-order valence-electron chi connectivity index (χ0n) is 36.4. The highest BCUT2D eigenvalue weighted by molar-refractivity contribution is 6.31. The minimum absolute atomic E-state index is 0.00784. The van der Waals surface area contributed by atoms with Crippen LogP contribution in [0.25, 0.3) is 0 Å². The molecule has 0 radical (unpaired) electrons. The molecule has 0 aliphatic carbocycles. The lowest BCUT2D eigenvalue weighted by molar-refractivity contribution is -0.284. The van der Waals surface area contributed by atoms with E-state index >= 15 is 4.39 Å². The Morgan fingerprint density at radius 3 is 1.60 bits per heavy atom. The first-order valence-corrected chi connectivity index (χ1v) is 21.4. The minimum atomic E-state index is -1.78. The van der Waals surface area contributed by atoms with Crippen molar-refractivity contribution in [3.8, 4) is 11.5 Å². The molecule has 1 heterocycles. The number of methoxy groups -OCH3 is 1. The summed E-state index contributed by atoms with van der Waals surface area (Å²) in [7, 11) is 1.34. The van der Waals surface area contributed by atoms with E-state index in [1.54, 1.807) is 97.1 Å². The molecule has 13 nitrogen and oxygen atoms in total. The van der Waals surface area contributed by atoms with Crippen molar-refractivity contribution in [1.29, 1.82) is 0 Å². The van der Waals surface area contributed by atoms with Gasteiger partial charge >= 0.3 is 29.8 Å². The topological polar surface area (TPSA) is 159 Å². The van der Waals surface area contributed by atoms with Gasteiger partial charge in [-0.2, -0.15) is 0 Å². The van der Waals surface area contributed by atoms with Gasteiger partial charge in [-0.3, -0.25) is 4.79 Å². The Labute approximate surface area is 390 Å². The van der Waals surface area contributed by atoms with Crippen LogP contribution in [0.15, 0.2) is 152 Å². The van der Waals surface area contributed by atoms with Crippen molar-refractivity contribution in [2.24, 2.45) is 0 Å². The quantitative estimate of drug-likeness (QED) is 0.0669. The summed E-state index contributed by atoms with van der Waals surface area (Å²) < 4.78 is 63.5. The van der Waals surface area contributed by atoms with Crippen LogP contribution in [0.4, 0.5) is 4.39 Å². The predicted molar refractivity (Wildman–Crippen MR) is 240 cm³/mol. The van der Waals surface area contributed by atoms with E-state index in [0.29, 0.717) is 11.1 Å². The van der Waals surface area contributed by atoms with Gasteiger partial charge in [0.15, 0.2) is 23.8 Å². The molecule has 6 atom stereocenters. The summed E-state index contributed by atoms with van der Waals surface area (Å²) in [5.41, 5.74) is 1.56. The molecule has 15 heteroatoms. The van der Waals surface area contributed by atoms with Crippen LogP contribution in [0.2, 0.25) is 5.02 Å². The summed E-state index contributed by atoms with van der Waals surface area (Å²) in [6.45, 7) is 2.47. The first-order valence-electron chi connectivity index (χ1n) is 21.0. The molecule has 0 unspecified atom stereocenters. The summed E-state index contributed by atoms with van der Waals surface area (Å²) >= 11 is 6.97. The van der Waals surface area contributed by atoms with Gasteiger partial charge in [0, 0.05) is 23.9 Å². The number of ether oxygens (including phenoxy) is 8. The molecule has 0 saturated carbocycles. The number of halogens is 2. The van der Waals surface area contributed by atoms with Gasteiger partial charge in [-0.05, 0) is 90.8 Å². The fraction of sp³-hybridized carbons (Fsp3) is 0.212. The number of hydrogen-bond donors (Lipinski definition) is 0. The molecule has 344 valence electrons. The third kappa shape index (κ3) is 12.0. The summed E-state index contributed by atoms with van der Waals surface area (Å²) in [6, 6.07) is 39.3. The van der Waals surface area contributed by atoms with E-state index in [1.807, 2.05) is 0 Å². The lowest BCUT2D eigenvalue weighted by atomic mass is 9.94. The molecule has 0 aromatic heterocycles. The second kappa shape index (κ2) is 22.1. The molecule has 0 spiro atoms. The second-order valence-corrected chi connectivity index (χ2v) is 15.7. The monoisotopic (exact) mass is 930 g/mol. The van der Waals surface area contributed by atoms with Crippen molar-refractivity contribution in [3.63, 3.8) is 0 Å². The van der Waals surface area contributed by atoms with Gasteiger partial charge in [0.05, 0.1) is 29.4 Å². The number of hydrogen-bond acceptors (Lipinski definition) is 13. The Kier molecular flexibility index (Phi) is 15.6. The van der Waals surface area contributed by atoms with Crippen LogP contribution in [0.3, 0.4) is 0 Å². The van der Waals surface area contributed by atoms with Gasteiger partial charge in [-0.1, -0.05) is 90.5 Å². The average Bonchev–Trinajstić information content (AvgIpc) is 3.34. The molecule has 6 aromatic rings. The van der Waals surface area contributed by atoms with Gasteiger partial charge in [0.1, 0.15) is 24.6 Å². The van der Waals surface area contributed by atoms with Gasteiger partial charge < -0.3 is 37.9 Å². The van der Waals surface area contributed by atoms with E-state index in [0.717, 1.165) is 0 Å². The lowest BCUT2D eigenvalue weighted by Gasteiger charge is -2.45. The Bertz CT molecular complexity index is 2690. The van der Waals surface area contributed by atoms with Gasteiger partial charge in [0.2, 0.25) is 12.4 Å². The van der Waals surface area contributed by atoms with Crippen molar-refractivity contribution in [2.75, 3.05) is 7.11 Å². The Balaban J connectivity index is 1.39. The summed E-state index contributed by atoms with van der Waals surface area (Å²) in [5, 5.41) is 0.105. The zero-order chi connectivity index (χ0) is 47.5. The first kappa shape index (κ1) is 47.4. The molecule has 0 N–H and O–H groups in total. The van der Waals surface area contributed by atoms with Crippen molar-refractivity contribution in [2.45, 2.75) is 63.7 Å². The fourth-order valence-corrected chi connectivity index (χ4v) is 7.54. The minimum Gasteiger partial charge on any atom is -0.494 e. The molecule has 6 aromatic carbocycles. The van der Waals surface area contributed by atoms with Gasteiger partial charge in [0.25, 0.3) is 0 Å². The van der Waals surface area contributed by atoms with Gasteiger partial charge in [-0.25, -0.2) is 23.6 Å². The highest BCUT2D eigenvalue weighted by Gasteiger charge is 2.56. The number of rotatable bonds is 16. The van der Waals surface area contributed by atoms with Crippen molar-refractivity contribution >= 4 is 41.4 Å². The Hall–Kier alpha value is -7.55. The number of esters is 5. The second-order valence-electron chi connectivity index (χ2n) is 15.3. The molecule has 67 heavy (non-hydrogen) atoms. The Morgan fingerprint density at radius 1 is 0.612 bits per heavy atom. The molecule has 7 rings (SSSR count). The zero-order valence-corrected chi connectivity index (χ0v) is 37.1. The highest BCUT2D eigenvalue weighted by atomic mass is 35.5. The van der Waals surface area contributed by atoms with Gasteiger partial charge in [-0.15, -0.1) is 0 Å². The maximum atomic E-state index is 15.1. The van der Waals surface area contributed by atoms with E-state index in [2.05, 4.69) is 0 Å². The van der Waals surface area contributed by atoms with Crippen LogP contribution in [-0.2, 0) is 46.2 Å². The predicted octanol–water partition coefficient (Wildman–Crippen LogP) is 9.17. The molecule has 0 amide bonds. The van der Waals surface area contributed by atoms with Crippen LogP contribution in [0.5, 0.6) is 11.5 Å². The first-order chi connectivity index (χ1) is 32.4. The largest absolute Gasteiger partial charge is 0.494 e. The summed E-state index contributed by atoms with van der Waals surface area (Å²) in [6.07, 6.45) is -9.78. The SMILES string of the molecule is COc1ccc(Cc2c(Cl)cc(COC(C)=O)cc2O[C@@H]2O[C@H]([C@@H](C)OC(=O)c3ccccc3)[C@@H](OC(=O)c3ccccc3)[C@H](OC(=O)c3ccccc3)[C@H]2OC(=O)c2ccccc2)cc1F. The highest BCUT2D eigenvalue weighted by Crippen LogP contribution is 2.38. The average molecular weight is 931 g/mol. The van der Waals surface area contributed by atoms with Crippen LogP contribution >= 0.6 is 11.6 Å². The molecule has 1 aliphatic heterocycles. The van der Waals surface area contributed by atoms with Crippen molar-refractivity contribution in [1.82, 2.24) is 0 Å². The Morgan fingerprint density at radius 2 is 1.10 bits per heavy atom. The van der Waals surface area contributed by atoms with E-state index in [1.165, 1.54) is 75.6 Å². The van der Waals surface area contributed by atoms with Crippen LogP contribution in [-0.4, -0.2) is 73.8 Å². The van der Waals surface area contributed by atoms with E-state index < -0.39 is 72.5 Å². The fourth-order valence-electron chi connectivity index (χ4n) is 7.24. The number of carbonyl (C=O) groups is 5. The normalized spacial score (nSPS) is 18.1. The number of benzene rings is 6. The maximum Gasteiger partial charge on any atom is 0.338 e. The molecular weight excluding hydrogens is 887 g/mol. The third-order valence-electron chi connectivity index (χ3n) is 10.6. The maximum absolute atomic E-state index is 15.1. The van der Waals surface area contributed by atoms with Crippen LogP contribution in [0, 0.1) is 5.82 Å². The standard InChI is InChI=1S/C52H44ClFO13/c1-31(62-48(56)35-16-8-4-9-17-35)44-45(64-49(57)36-18-10-5-11-19-36)46(65-50(58)37-20-12-6-13-21-37)47(66-51(59)38-22-14-7-15-23-38)52(67-44)63-43-29-34(30-61-32(2)55)27-40(53)39(43)26-33-24-25-42(60-3)41(54)28-33/h4-25,27-29,31,44-47,52H,26,30H2,1-3H3/t31-,44-,45-,46+,47-,52-/m1/s1. The molecule has 1 aliphatic rings.